The zero-order valence-electron chi connectivity index (χ0n) is 8.60. The van der Waals surface area contributed by atoms with Gasteiger partial charge in [-0.3, -0.25) is 9.69 Å². The summed E-state index contributed by atoms with van der Waals surface area (Å²) >= 11 is 0. The van der Waals surface area contributed by atoms with E-state index >= 15 is 0 Å². The molecule has 72 valence electrons. The zero-order chi connectivity index (χ0) is 9.40. The average Bonchev–Trinajstić information content (AvgIpc) is 2.11. The highest BCUT2D eigenvalue weighted by Crippen LogP contribution is 1.95. The summed E-state index contributed by atoms with van der Waals surface area (Å²) in [5, 5.41) is 0. The predicted octanol–water partition coefficient (Wildman–Crippen LogP) is 2.09. The van der Waals surface area contributed by atoms with Crippen molar-refractivity contribution in [3.63, 3.8) is 0 Å². The summed E-state index contributed by atoms with van der Waals surface area (Å²) in [4.78, 5) is 13.3. The summed E-state index contributed by atoms with van der Waals surface area (Å²) in [5.74, 6) is 0.355. The second kappa shape index (κ2) is 7.29. The Morgan fingerprint density at radius 3 is 2.33 bits per heavy atom. The van der Waals surface area contributed by atoms with Crippen LogP contribution in [0, 0.1) is 0 Å². The lowest BCUT2D eigenvalue weighted by atomic mass is 10.2. The van der Waals surface area contributed by atoms with Crippen LogP contribution in [0.15, 0.2) is 0 Å². The molecule has 0 heterocycles. The number of hydrogen-bond acceptors (Lipinski definition) is 2. The SMILES string of the molecule is CCCCN(CC)CC(=O)CC. The molecule has 0 aliphatic rings. The van der Waals surface area contributed by atoms with Gasteiger partial charge in [0.2, 0.25) is 0 Å². The number of likely N-dealkylation sites (N-methyl/N-ethyl adjacent to an activating group) is 1. The minimum Gasteiger partial charge on any atom is -0.298 e. The van der Waals surface area contributed by atoms with Crippen LogP contribution in [0.1, 0.15) is 40.0 Å². The van der Waals surface area contributed by atoms with E-state index in [2.05, 4.69) is 18.7 Å². The Bertz CT molecular complexity index is 123. The number of Topliss-reactive ketones (excluding diaryl/α,β-unsaturated/α-hetero) is 1. The third-order valence-corrected chi connectivity index (χ3v) is 2.07. The molecular formula is C10H21NO. The summed E-state index contributed by atoms with van der Waals surface area (Å²) in [6.45, 7) is 8.92. The number of nitrogens with zero attached hydrogens (tertiary/aromatic N) is 1. The largest absolute Gasteiger partial charge is 0.298 e. The van der Waals surface area contributed by atoms with E-state index in [1.54, 1.807) is 0 Å². The van der Waals surface area contributed by atoms with Gasteiger partial charge in [-0.1, -0.05) is 27.2 Å². The third kappa shape index (κ3) is 5.30. The number of unbranched alkanes of at least 4 members (excludes halogenated alkanes) is 1. The van der Waals surface area contributed by atoms with Crippen LogP contribution in [0.5, 0.6) is 0 Å². The van der Waals surface area contributed by atoms with Gasteiger partial charge >= 0.3 is 0 Å². The van der Waals surface area contributed by atoms with Gasteiger partial charge in [-0.05, 0) is 19.5 Å². The predicted molar refractivity (Wildman–Crippen MR) is 52.3 cm³/mol. The number of carbonyl (C=O) groups excluding carboxylic acids is 1. The van der Waals surface area contributed by atoms with Gasteiger partial charge in [0.15, 0.2) is 0 Å². The molecule has 0 fully saturated rings. The van der Waals surface area contributed by atoms with Crippen LogP contribution in [0.25, 0.3) is 0 Å². The molecule has 0 aliphatic heterocycles. The van der Waals surface area contributed by atoms with Gasteiger partial charge in [-0.15, -0.1) is 0 Å². The van der Waals surface area contributed by atoms with Gasteiger partial charge in [-0.25, -0.2) is 0 Å². The quantitative estimate of drug-likeness (QED) is 0.584. The van der Waals surface area contributed by atoms with Crippen molar-refractivity contribution in [3.8, 4) is 0 Å². The van der Waals surface area contributed by atoms with Crippen LogP contribution < -0.4 is 0 Å². The molecule has 0 rings (SSSR count). The minimum atomic E-state index is 0.355. The zero-order valence-corrected chi connectivity index (χ0v) is 8.60. The van der Waals surface area contributed by atoms with Crippen molar-refractivity contribution in [2.24, 2.45) is 0 Å². The second-order valence-corrected chi connectivity index (χ2v) is 3.11. The smallest absolute Gasteiger partial charge is 0.146 e. The van der Waals surface area contributed by atoms with Gasteiger partial charge in [0.1, 0.15) is 5.78 Å². The van der Waals surface area contributed by atoms with E-state index in [-0.39, 0.29) is 0 Å². The van der Waals surface area contributed by atoms with E-state index in [9.17, 15) is 4.79 Å². The fourth-order valence-corrected chi connectivity index (χ4v) is 1.09. The second-order valence-electron chi connectivity index (χ2n) is 3.11. The van der Waals surface area contributed by atoms with E-state index in [0.29, 0.717) is 18.7 Å². The standard InChI is InChI=1S/C10H21NO/c1-4-7-8-11(6-3)9-10(12)5-2/h4-9H2,1-3H3. The Morgan fingerprint density at radius 1 is 1.25 bits per heavy atom. The van der Waals surface area contributed by atoms with Crippen molar-refractivity contribution in [2.75, 3.05) is 19.6 Å². The molecule has 2 heteroatoms. The molecular weight excluding hydrogens is 150 g/mol. The highest BCUT2D eigenvalue weighted by molar-refractivity contribution is 5.80. The average molecular weight is 171 g/mol. The maximum Gasteiger partial charge on any atom is 0.146 e. The highest BCUT2D eigenvalue weighted by Gasteiger charge is 2.05. The van der Waals surface area contributed by atoms with Gasteiger partial charge in [-0.2, -0.15) is 0 Å². The molecule has 0 amide bonds. The Kier molecular flexibility index (Phi) is 7.06. The van der Waals surface area contributed by atoms with Gasteiger partial charge in [0.05, 0.1) is 6.54 Å². The molecule has 0 spiro atoms. The van der Waals surface area contributed by atoms with Crippen LogP contribution >= 0.6 is 0 Å². The first-order valence-electron chi connectivity index (χ1n) is 4.98. The normalized spacial score (nSPS) is 10.7. The molecule has 0 saturated heterocycles. The maximum absolute atomic E-state index is 11.1. The number of hydrogen-bond donors (Lipinski definition) is 0. The Morgan fingerprint density at radius 2 is 1.92 bits per heavy atom. The third-order valence-electron chi connectivity index (χ3n) is 2.07. The molecule has 0 aromatic carbocycles. The van der Waals surface area contributed by atoms with E-state index in [4.69, 9.17) is 0 Å². The van der Waals surface area contributed by atoms with E-state index in [0.717, 1.165) is 13.1 Å². The summed E-state index contributed by atoms with van der Waals surface area (Å²) in [7, 11) is 0. The Labute approximate surface area is 75.9 Å². The summed E-state index contributed by atoms with van der Waals surface area (Å²) in [5.41, 5.74) is 0. The molecule has 0 aromatic rings. The molecule has 0 bridgehead atoms. The van der Waals surface area contributed by atoms with Crippen molar-refractivity contribution in [3.05, 3.63) is 0 Å². The van der Waals surface area contributed by atoms with Crippen LogP contribution in [0.3, 0.4) is 0 Å². The molecule has 12 heavy (non-hydrogen) atoms. The van der Waals surface area contributed by atoms with Crippen molar-refractivity contribution in [1.29, 1.82) is 0 Å². The molecule has 0 unspecified atom stereocenters. The molecule has 0 aliphatic carbocycles. The monoisotopic (exact) mass is 171 g/mol. The van der Waals surface area contributed by atoms with Crippen molar-refractivity contribution >= 4 is 5.78 Å². The molecule has 0 radical (unpaired) electrons. The lowest BCUT2D eigenvalue weighted by molar-refractivity contribution is -0.119. The van der Waals surface area contributed by atoms with Crippen LogP contribution in [-0.4, -0.2) is 30.3 Å². The van der Waals surface area contributed by atoms with E-state index in [1.807, 2.05) is 6.92 Å². The van der Waals surface area contributed by atoms with Gasteiger partial charge in [0.25, 0.3) is 0 Å². The molecule has 0 saturated carbocycles. The molecule has 0 atom stereocenters. The first kappa shape index (κ1) is 11.6. The number of ketones is 1. The molecule has 0 aromatic heterocycles. The maximum atomic E-state index is 11.1. The first-order chi connectivity index (χ1) is 5.74. The van der Waals surface area contributed by atoms with Crippen LogP contribution in [0.2, 0.25) is 0 Å². The number of rotatable bonds is 7. The topological polar surface area (TPSA) is 20.3 Å². The fraction of sp³-hybridized carbons (Fsp3) is 0.900. The van der Waals surface area contributed by atoms with Gasteiger partial charge < -0.3 is 0 Å². The lowest BCUT2D eigenvalue weighted by Gasteiger charge is -2.18. The van der Waals surface area contributed by atoms with E-state index < -0.39 is 0 Å². The summed E-state index contributed by atoms with van der Waals surface area (Å²) < 4.78 is 0. The number of carbonyl (C=O) groups is 1. The van der Waals surface area contributed by atoms with Crippen molar-refractivity contribution in [2.45, 2.75) is 40.0 Å². The Balaban J connectivity index is 3.59. The summed E-state index contributed by atoms with van der Waals surface area (Å²) in [6, 6.07) is 0. The fourth-order valence-electron chi connectivity index (χ4n) is 1.09. The minimum absolute atomic E-state index is 0.355. The lowest BCUT2D eigenvalue weighted by Crippen LogP contribution is -2.30. The van der Waals surface area contributed by atoms with Crippen LogP contribution in [-0.2, 0) is 4.79 Å². The van der Waals surface area contributed by atoms with Crippen molar-refractivity contribution < 1.29 is 4.79 Å². The van der Waals surface area contributed by atoms with Crippen LogP contribution in [0.4, 0.5) is 0 Å². The molecule has 0 N–H and O–H groups in total. The Hall–Kier alpha value is -0.370. The van der Waals surface area contributed by atoms with Gasteiger partial charge in [0, 0.05) is 6.42 Å². The van der Waals surface area contributed by atoms with E-state index in [1.165, 1.54) is 12.8 Å². The van der Waals surface area contributed by atoms with Crippen molar-refractivity contribution in [1.82, 2.24) is 4.90 Å². The summed E-state index contributed by atoms with van der Waals surface area (Å²) in [6.07, 6.45) is 3.07. The highest BCUT2D eigenvalue weighted by atomic mass is 16.1. The molecule has 2 nitrogen and oxygen atoms in total. The first-order valence-corrected chi connectivity index (χ1v) is 4.98.